The molecule has 2 aromatic rings. The summed E-state index contributed by atoms with van der Waals surface area (Å²) in [6, 6.07) is 5.60. The summed E-state index contributed by atoms with van der Waals surface area (Å²) in [6.07, 6.45) is 1.62. The minimum absolute atomic E-state index is 0.244. The molecule has 0 aromatic carbocycles. The molecule has 0 unspecified atom stereocenters. The summed E-state index contributed by atoms with van der Waals surface area (Å²) in [7, 11) is 0. The van der Waals surface area contributed by atoms with Crippen LogP contribution in [0.1, 0.15) is 27.2 Å². The summed E-state index contributed by atoms with van der Waals surface area (Å²) in [4.78, 5) is 19.8. The predicted octanol–water partition coefficient (Wildman–Crippen LogP) is 3.25. The first kappa shape index (κ1) is 13.5. The number of hydrogen-bond donors (Lipinski definition) is 1. The first-order valence-corrected chi connectivity index (χ1v) is 6.61. The Labute approximate surface area is 115 Å². The lowest BCUT2D eigenvalue weighted by Gasteiger charge is -2.08. The van der Waals surface area contributed by atoms with E-state index in [1.54, 1.807) is 19.2 Å². The minimum Gasteiger partial charge on any atom is -0.478 e. The molecule has 4 nitrogen and oxygen atoms in total. The van der Waals surface area contributed by atoms with Crippen molar-refractivity contribution in [2.45, 2.75) is 30.8 Å². The highest BCUT2D eigenvalue weighted by Crippen LogP contribution is 2.29. The van der Waals surface area contributed by atoms with Crippen molar-refractivity contribution in [3.8, 4) is 0 Å². The molecule has 19 heavy (non-hydrogen) atoms. The molecule has 5 heteroatoms. The van der Waals surface area contributed by atoms with E-state index in [1.165, 1.54) is 11.8 Å². The van der Waals surface area contributed by atoms with Gasteiger partial charge in [-0.15, -0.1) is 0 Å². The Morgan fingerprint density at radius 3 is 2.63 bits per heavy atom. The third-order valence-corrected chi connectivity index (χ3v) is 3.54. The average molecular weight is 274 g/mol. The topological polar surface area (TPSA) is 63.1 Å². The number of carbonyl (C=O) groups is 1. The third-order valence-electron chi connectivity index (χ3n) is 2.61. The second-order valence-corrected chi connectivity index (χ2v) is 5.35. The lowest BCUT2D eigenvalue weighted by molar-refractivity contribution is 0.0691. The fraction of sp³-hybridized carbons (Fsp3) is 0.214. The third kappa shape index (κ3) is 3.12. The number of carboxylic acid groups (broad SMARTS) is 1. The Hall–Kier alpha value is -1.88. The van der Waals surface area contributed by atoms with Crippen LogP contribution in [-0.2, 0) is 0 Å². The van der Waals surface area contributed by atoms with E-state index in [1.807, 2.05) is 26.0 Å². The number of aryl methyl sites for hydroxylation is 3. The molecule has 1 N–H and O–H groups in total. The molecule has 0 saturated heterocycles. The Kier molecular flexibility index (Phi) is 3.85. The highest BCUT2D eigenvalue weighted by molar-refractivity contribution is 7.99. The maximum Gasteiger partial charge on any atom is 0.338 e. The van der Waals surface area contributed by atoms with Gasteiger partial charge in [0.2, 0.25) is 0 Å². The van der Waals surface area contributed by atoms with Gasteiger partial charge in [0.15, 0.2) is 0 Å². The molecule has 0 aliphatic heterocycles. The quantitative estimate of drug-likeness (QED) is 0.930. The van der Waals surface area contributed by atoms with Gasteiger partial charge in [-0.2, -0.15) is 0 Å². The van der Waals surface area contributed by atoms with Crippen molar-refractivity contribution < 1.29 is 9.90 Å². The van der Waals surface area contributed by atoms with E-state index in [-0.39, 0.29) is 5.56 Å². The average Bonchev–Trinajstić information content (AvgIpc) is 2.26. The van der Waals surface area contributed by atoms with Crippen LogP contribution in [0.5, 0.6) is 0 Å². The number of pyridine rings is 2. The fourth-order valence-electron chi connectivity index (χ4n) is 1.83. The molecule has 2 rings (SSSR count). The molecular formula is C14H14N2O2S. The van der Waals surface area contributed by atoms with Crippen molar-refractivity contribution in [3.05, 3.63) is 46.8 Å². The van der Waals surface area contributed by atoms with E-state index in [4.69, 9.17) is 0 Å². The van der Waals surface area contributed by atoms with E-state index in [0.717, 1.165) is 16.3 Å². The zero-order valence-electron chi connectivity index (χ0n) is 11.0. The van der Waals surface area contributed by atoms with Crippen molar-refractivity contribution in [1.29, 1.82) is 0 Å². The Bertz CT molecular complexity index is 621. The van der Waals surface area contributed by atoms with Crippen LogP contribution >= 0.6 is 11.8 Å². The Morgan fingerprint density at radius 2 is 2.00 bits per heavy atom. The standard InChI is InChI=1S/C14H14N2O2S/c1-8-6-10(3)16-11(7-8)19-13-12(14(17)18)9(2)4-5-15-13/h4-7H,1-3H3,(H,17,18). The second kappa shape index (κ2) is 5.40. The van der Waals surface area contributed by atoms with Crippen LogP contribution in [0, 0.1) is 20.8 Å². The number of carboxylic acids is 1. The van der Waals surface area contributed by atoms with Gasteiger partial charge in [0, 0.05) is 11.9 Å². The fourth-order valence-corrected chi connectivity index (χ4v) is 2.92. The summed E-state index contributed by atoms with van der Waals surface area (Å²) >= 11 is 1.28. The van der Waals surface area contributed by atoms with Gasteiger partial charge in [0.1, 0.15) is 10.1 Å². The van der Waals surface area contributed by atoms with Crippen molar-refractivity contribution in [2.24, 2.45) is 0 Å². The van der Waals surface area contributed by atoms with Crippen LogP contribution in [0.15, 0.2) is 34.4 Å². The lowest BCUT2D eigenvalue weighted by Crippen LogP contribution is -2.04. The summed E-state index contributed by atoms with van der Waals surface area (Å²) in [5.41, 5.74) is 2.95. The van der Waals surface area contributed by atoms with Gasteiger partial charge in [0.05, 0.1) is 5.56 Å². The molecule has 0 saturated carbocycles. The predicted molar refractivity (Wildman–Crippen MR) is 73.8 cm³/mol. The molecule has 0 aliphatic carbocycles. The van der Waals surface area contributed by atoms with Crippen LogP contribution in [0.4, 0.5) is 0 Å². The van der Waals surface area contributed by atoms with Gasteiger partial charge < -0.3 is 5.11 Å². The lowest BCUT2D eigenvalue weighted by atomic mass is 10.2. The van der Waals surface area contributed by atoms with Gasteiger partial charge in [-0.25, -0.2) is 14.8 Å². The molecule has 0 spiro atoms. The second-order valence-electron chi connectivity index (χ2n) is 4.34. The van der Waals surface area contributed by atoms with E-state index in [9.17, 15) is 9.90 Å². The minimum atomic E-state index is -0.961. The number of nitrogens with zero attached hydrogens (tertiary/aromatic N) is 2. The maximum absolute atomic E-state index is 11.3. The number of aromatic nitrogens is 2. The molecule has 2 heterocycles. The van der Waals surface area contributed by atoms with Crippen LogP contribution in [0.3, 0.4) is 0 Å². The summed E-state index contributed by atoms with van der Waals surface area (Å²) in [5.74, 6) is -0.961. The molecule has 0 bridgehead atoms. The van der Waals surface area contributed by atoms with E-state index >= 15 is 0 Å². The van der Waals surface area contributed by atoms with Crippen LogP contribution in [0.2, 0.25) is 0 Å². The molecule has 0 atom stereocenters. The van der Waals surface area contributed by atoms with Crippen LogP contribution in [0.25, 0.3) is 0 Å². The molecule has 0 aliphatic rings. The van der Waals surface area contributed by atoms with Crippen LogP contribution < -0.4 is 0 Å². The highest BCUT2D eigenvalue weighted by atomic mass is 32.2. The zero-order valence-corrected chi connectivity index (χ0v) is 11.8. The van der Waals surface area contributed by atoms with Crippen molar-refractivity contribution in [3.63, 3.8) is 0 Å². The SMILES string of the molecule is Cc1cc(C)nc(Sc2nccc(C)c2C(=O)O)c1. The summed E-state index contributed by atoms with van der Waals surface area (Å²) < 4.78 is 0. The molecule has 0 amide bonds. The van der Waals surface area contributed by atoms with Gasteiger partial charge >= 0.3 is 5.97 Å². The monoisotopic (exact) mass is 274 g/mol. The van der Waals surface area contributed by atoms with Crippen LogP contribution in [-0.4, -0.2) is 21.0 Å². The largest absolute Gasteiger partial charge is 0.478 e. The molecule has 0 radical (unpaired) electrons. The van der Waals surface area contributed by atoms with E-state index in [2.05, 4.69) is 9.97 Å². The van der Waals surface area contributed by atoms with Gasteiger partial charge in [-0.3, -0.25) is 0 Å². The summed E-state index contributed by atoms with van der Waals surface area (Å²) in [6.45, 7) is 5.67. The van der Waals surface area contributed by atoms with Gasteiger partial charge in [-0.05, 0) is 61.9 Å². The van der Waals surface area contributed by atoms with E-state index < -0.39 is 5.97 Å². The highest BCUT2D eigenvalue weighted by Gasteiger charge is 2.16. The van der Waals surface area contributed by atoms with Crippen molar-refractivity contribution in [1.82, 2.24) is 9.97 Å². The Balaban J connectivity index is 2.43. The number of rotatable bonds is 3. The zero-order chi connectivity index (χ0) is 14.0. The molecule has 2 aromatic heterocycles. The molecule has 98 valence electrons. The van der Waals surface area contributed by atoms with E-state index in [0.29, 0.717) is 10.6 Å². The van der Waals surface area contributed by atoms with Gasteiger partial charge in [0.25, 0.3) is 0 Å². The Morgan fingerprint density at radius 1 is 1.26 bits per heavy atom. The maximum atomic E-state index is 11.3. The first-order chi connectivity index (χ1) is 8.97. The summed E-state index contributed by atoms with van der Waals surface area (Å²) in [5, 5.41) is 10.5. The molecular weight excluding hydrogens is 260 g/mol. The smallest absolute Gasteiger partial charge is 0.338 e. The first-order valence-electron chi connectivity index (χ1n) is 5.79. The van der Waals surface area contributed by atoms with Gasteiger partial charge in [-0.1, -0.05) is 0 Å². The normalized spacial score (nSPS) is 10.5. The molecule has 0 fully saturated rings. The van der Waals surface area contributed by atoms with Crippen molar-refractivity contribution >= 4 is 17.7 Å². The number of aromatic carboxylic acids is 1. The van der Waals surface area contributed by atoms with Crippen molar-refractivity contribution in [2.75, 3.05) is 0 Å². The number of hydrogen-bond acceptors (Lipinski definition) is 4.